The van der Waals surface area contributed by atoms with Crippen LogP contribution in [0.5, 0.6) is 11.5 Å². The van der Waals surface area contributed by atoms with Crippen molar-refractivity contribution in [1.82, 2.24) is 0 Å². The first-order valence-corrected chi connectivity index (χ1v) is 25.3. The molecule has 0 atom stereocenters. The number of ether oxygens (including phenoxy) is 1. The molecule has 0 radical (unpaired) electrons. The Balaban J connectivity index is 1.69. The third-order valence-electron chi connectivity index (χ3n) is 8.18. The van der Waals surface area contributed by atoms with Gasteiger partial charge in [-0.3, -0.25) is 13.7 Å². The second-order valence-corrected chi connectivity index (χ2v) is 21.3. The van der Waals surface area contributed by atoms with Gasteiger partial charge in [-0.2, -0.15) is 25.3 Å². The summed E-state index contributed by atoms with van der Waals surface area (Å²) in [5.74, 6) is -3.37. The van der Waals surface area contributed by atoms with E-state index in [9.17, 15) is 73.8 Å². The van der Waals surface area contributed by atoms with E-state index in [1.807, 2.05) is 0 Å². The number of rotatable bonds is 18. The molecule has 63 heavy (non-hydrogen) atoms. The van der Waals surface area contributed by atoms with Crippen LogP contribution in [-0.4, -0.2) is 106 Å². The van der Waals surface area contributed by atoms with Gasteiger partial charge >= 0.3 is 137 Å². The van der Waals surface area contributed by atoms with Gasteiger partial charge in [0.25, 0.3) is 30.4 Å². The summed E-state index contributed by atoms with van der Waals surface area (Å²) in [6.07, 6.45) is 0. The summed E-state index contributed by atoms with van der Waals surface area (Å²) in [7, 11) is -28.5. The monoisotopic (exact) mass is 994 g/mol. The van der Waals surface area contributed by atoms with Crippen molar-refractivity contribution in [1.29, 1.82) is 5.31 Å². The summed E-state index contributed by atoms with van der Waals surface area (Å²) in [5.41, 5.74) is -2.75. The maximum absolute atomic E-state index is 12.9. The number of aromatic hydroxyl groups is 1. The fraction of sp³-hybridized carbons (Fsp3) is 0.133. The van der Waals surface area contributed by atoms with Gasteiger partial charge in [0.05, 0.1) is 17.7 Å². The first-order valence-electron chi connectivity index (χ1n) is 16.4. The number of phenolic OH excluding ortho intramolecular Hbond substituents is 1. The normalized spacial score (nSPS) is 13.2. The number of hydrogen-bond acceptors (Lipinski definition) is 22. The van der Waals surface area contributed by atoms with Gasteiger partial charge < -0.3 is 15.2 Å². The fourth-order valence-electron chi connectivity index (χ4n) is 5.46. The Morgan fingerprint density at radius 1 is 0.651 bits per heavy atom. The van der Waals surface area contributed by atoms with E-state index < -0.39 is 127 Å². The molecular weight excluding hydrogens is 968 g/mol. The predicted octanol–water partition coefficient (Wildman–Crippen LogP) is 3.97. The molecule has 0 saturated carbocycles. The van der Waals surface area contributed by atoms with Crippen molar-refractivity contribution in [2.75, 3.05) is 30.7 Å². The Bertz CT molecular complexity index is 3460. The second-order valence-electron chi connectivity index (χ2n) is 12.3. The van der Waals surface area contributed by atoms with E-state index in [1.54, 1.807) is 0 Å². The van der Waals surface area contributed by atoms with Crippen LogP contribution in [0.3, 0.4) is 0 Å². The molecule has 0 aromatic heterocycles. The first kappa shape index (κ1) is 48.4. The van der Waals surface area contributed by atoms with Gasteiger partial charge in [0.2, 0.25) is 0 Å². The third kappa shape index (κ3) is 11.5. The van der Waals surface area contributed by atoms with Crippen LogP contribution in [0, 0.1) is 5.31 Å². The molecular formula is C30H27BN6O20S6. The van der Waals surface area contributed by atoms with Crippen LogP contribution in [0.25, 0.3) is 21.5 Å². The van der Waals surface area contributed by atoms with Crippen molar-refractivity contribution in [3.8, 4) is 11.5 Å². The van der Waals surface area contributed by atoms with Crippen LogP contribution >= 0.6 is 0 Å². The Labute approximate surface area is 357 Å². The second kappa shape index (κ2) is 17.9. The number of nitrogens with one attached hydrogen (secondary N) is 2. The van der Waals surface area contributed by atoms with Crippen LogP contribution in [0.2, 0.25) is 0 Å². The quantitative estimate of drug-likeness (QED) is 0.0371. The number of sulfone groups is 1. The molecule has 33 heteroatoms. The van der Waals surface area contributed by atoms with Gasteiger partial charge in [0.15, 0.2) is 11.5 Å². The number of nitrogens with zero attached hydrogens (tertiary/aromatic N) is 4. The molecule has 0 aliphatic carbocycles. The number of azo groups is 2. The number of hydrogen-bond donors (Lipinski definition) is 7. The summed E-state index contributed by atoms with van der Waals surface area (Å²) in [6.45, 7) is -1.06. The Morgan fingerprint density at radius 2 is 1.25 bits per heavy atom. The van der Waals surface area contributed by atoms with E-state index in [2.05, 4.69) is 34.1 Å². The average molecular weight is 995 g/mol. The molecule has 7 N–H and O–H groups in total. The fourth-order valence-corrected chi connectivity index (χ4v) is 9.36. The smallest absolute Gasteiger partial charge is 0.283 e. The Kier molecular flexibility index (Phi) is 13.7. The molecule has 5 rings (SSSR count). The molecule has 5 aromatic carbocycles. The van der Waals surface area contributed by atoms with Gasteiger partial charge in [-0.1, -0.05) is 6.07 Å². The molecule has 0 spiro atoms. The minimum Gasteiger partial charge on any atom is -0.368 e. The molecule has 0 amide bonds. The molecule has 0 bridgehead atoms. The van der Waals surface area contributed by atoms with Crippen LogP contribution in [-0.2, 0) is 69.0 Å². The molecule has 0 unspecified atom stereocenters. The van der Waals surface area contributed by atoms with E-state index in [0.717, 1.165) is 55.6 Å². The zero-order valence-corrected chi connectivity index (χ0v) is 36.0. The zero-order chi connectivity index (χ0) is 46.9. The SMILES string of the molecule is COc1c(/N=N/c2ccc3cc(S(=O)(=O)O)ccc3c2O)c(S(=O)(=O)O)cc2c(/N=N/c3ccc(S(=O)(=O)CCOS(=O)(=O)OB=N)cc3S(=O)(=O)O)c(NCS(=O)(=O)O)ccc12. The van der Waals surface area contributed by atoms with Crippen molar-refractivity contribution < 1.29 is 86.8 Å². The number of phenols is 1. The Morgan fingerprint density at radius 3 is 1.86 bits per heavy atom. The van der Waals surface area contributed by atoms with Gasteiger partial charge in [-0.05, 0) is 47.9 Å². The minimum absolute atomic E-state index is 0.00595. The number of anilines is 1. The van der Waals surface area contributed by atoms with E-state index >= 15 is 0 Å². The number of fused-ring (bicyclic) bond motifs is 2. The predicted molar refractivity (Wildman–Crippen MR) is 217 cm³/mol. The summed E-state index contributed by atoms with van der Waals surface area (Å²) < 4.78 is 199. The van der Waals surface area contributed by atoms with E-state index in [0.29, 0.717) is 6.07 Å². The van der Waals surface area contributed by atoms with Gasteiger partial charge in [-0.15, -0.1) is 10.2 Å². The minimum atomic E-state index is -5.37. The van der Waals surface area contributed by atoms with E-state index in [1.165, 1.54) is 12.1 Å². The van der Waals surface area contributed by atoms with Gasteiger partial charge in [0.1, 0.15) is 27.8 Å². The van der Waals surface area contributed by atoms with E-state index in [4.69, 9.17) is 10.0 Å². The van der Waals surface area contributed by atoms with Crippen LogP contribution in [0.1, 0.15) is 0 Å². The molecule has 0 heterocycles. The average Bonchev–Trinajstić information content (AvgIpc) is 3.16. The topological polar surface area (TPSA) is 419 Å². The molecule has 0 aliphatic rings. The summed E-state index contributed by atoms with van der Waals surface area (Å²) >= 11 is 0. The largest absolute Gasteiger partial charge is 0.368 e. The van der Waals surface area contributed by atoms with Gasteiger partial charge in [-0.25, -0.2) is 0 Å². The van der Waals surface area contributed by atoms with Crippen molar-refractivity contribution in [3.05, 3.63) is 66.7 Å². The maximum Gasteiger partial charge on any atom is 0.283 e. The summed E-state index contributed by atoms with van der Waals surface area (Å²) in [5, 5.41) is 34.9. The van der Waals surface area contributed by atoms with Gasteiger partial charge in [0, 0.05) is 16.2 Å². The van der Waals surface area contributed by atoms with Crippen LogP contribution < -0.4 is 10.1 Å². The van der Waals surface area contributed by atoms with E-state index in [-0.39, 0.29) is 40.2 Å². The summed E-state index contributed by atoms with van der Waals surface area (Å²) in [6, 6.07) is 10.5. The molecule has 5 aromatic rings. The molecule has 0 aliphatic heterocycles. The van der Waals surface area contributed by atoms with Crippen molar-refractivity contribution in [3.63, 3.8) is 0 Å². The molecule has 26 nitrogen and oxygen atoms in total. The van der Waals surface area contributed by atoms with Crippen LogP contribution in [0.15, 0.2) is 107 Å². The van der Waals surface area contributed by atoms with Crippen molar-refractivity contribution in [2.24, 2.45) is 20.5 Å². The third-order valence-corrected chi connectivity index (χ3v) is 13.8. The number of methoxy groups -OCH3 is 1. The van der Waals surface area contributed by atoms with Crippen molar-refractivity contribution >= 4 is 118 Å². The number of benzene rings is 5. The zero-order valence-electron chi connectivity index (χ0n) is 31.1. The molecule has 0 fully saturated rings. The first-order chi connectivity index (χ1) is 29.1. The maximum atomic E-state index is 12.9. The Hall–Kier alpha value is -5.62. The summed E-state index contributed by atoms with van der Waals surface area (Å²) in [4.78, 5) is -3.56. The van der Waals surface area contributed by atoms with Crippen LogP contribution in [0.4, 0.5) is 28.4 Å². The molecule has 0 saturated heterocycles. The molecule has 336 valence electrons. The van der Waals surface area contributed by atoms with Crippen molar-refractivity contribution in [2.45, 2.75) is 19.6 Å². The standard InChI is InChI=1S/C30H27BN6O20S6/c1-55-30-20-6-9-23(33-15-59(41,42)43)27(36-34-22-8-4-17(13-25(22)61(47,48)49)58(39,40)11-10-56-63(53,54)57-31-32)21(20)14-26(62(50,51)52)28(30)37-35-24-7-2-16-12-18(60(44,45)46)3-5-19(16)29(24)38/h2-9,12-14,32-33,38H,10-11,15H2,1H3,(H,41,42,43)(H,44,45,46)(H,47,48,49)(H,50,51,52)/b36-34+,37-35+.